The Morgan fingerprint density at radius 1 is 1.33 bits per heavy atom. The minimum absolute atomic E-state index is 0.0797. The Morgan fingerprint density at radius 2 is 2.00 bits per heavy atom. The summed E-state index contributed by atoms with van der Waals surface area (Å²) in [5, 5.41) is 3.11. The van der Waals surface area contributed by atoms with E-state index in [1.165, 1.54) is 25.9 Å². The van der Waals surface area contributed by atoms with Gasteiger partial charge in [0.15, 0.2) is 0 Å². The van der Waals surface area contributed by atoms with Gasteiger partial charge in [0.2, 0.25) is 0 Å². The summed E-state index contributed by atoms with van der Waals surface area (Å²) >= 11 is 0. The molecular weight excluding hydrogens is 266 g/mol. The molecule has 0 saturated carbocycles. The molecule has 122 valence electrons. The number of nitrogens with zero attached hydrogens (tertiary/aromatic N) is 2. The van der Waals surface area contributed by atoms with E-state index in [1.807, 2.05) is 11.8 Å². The monoisotopic (exact) mass is 297 g/mol. The third-order valence-electron chi connectivity index (χ3n) is 4.83. The Morgan fingerprint density at radius 3 is 2.62 bits per heavy atom. The predicted molar refractivity (Wildman–Crippen MR) is 84.5 cm³/mol. The lowest BCUT2D eigenvalue weighted by Crippen LogP contribution is -2.46. The SMILES string of the molecule is COC(C)(C)C[C@@H](C)NC(=O)N1CC[C@@H](N2CCCC2)C1. The van der Waals surface area contributed by atoms with Gasteiger partial charge in [0.25, 0.3) is 0 Å². The first kappa shape index (κ1) is 16.6. The molecule has 0 aromatic rings. The molecule has 0 radical (unpaired) electrons. The van der Waals surface area contributed by atoms with Crippen LogP contribution in [0, 0.1) is 0 Å². The van der Waals surface area contributed by atoms with E-state index in [9.17, 15) is 4.79 Å². The molecule has 0 spiro atoms. The lowest BCUT2D eigenvalue weighted by molar-refractivity contribution is 0.00919. The average molecular weight is 297 g/mol. The summed E-state index contributed by atoms with van der Waals surface area (Å²) < 4.78 is 5.43. The van der Waals surface area contributed by atoms with Gasteiger partial charge in [-0.1, -0.05) is 0 Å². The van der Waals surface area contributed by atoms with Crippen LogP contribution in [0.5, 0.6) is 0 Å². The fraction of sp³-hybridized carbons (Fsp3) is 0.938. The lowest BCUT2D eigenvalue weighted by Gasteiger charge is -2.29. The summed E-state index contributed by atoms with van der Waals surface area (Å²) in [6.07, 6.45) is 4.56. The van der Waals surface area contributed by atoms with Crippen LogP contribution in [0.25, 0.3) is 0 Å². The highest BCUT2D eigenvalue weighted by molar-refractivity contribution is 5.74. The van der Waals surface area contributed by atoms with E-state index in [-0.39, 0.29) is 17.7 Å². The number of methoxy groups -OCH3 is 1. The van der Waals surface area contributed by atoms with Crippen molar-refractivity contribution in [2.24, 2.45) is 0 Å². The van der Waals surface area contributed by atoms with E-state index in [1.54, 1.807) is 7.11 Å². The maximum atomic E-state index is 12.3. The van der Waals surface area contributed by atoms with Crippen LogP contribution in [0.3, 0.4) is 0 Å². The molecule has 2 fully saturated rings. The molecule has 2 rings (SSSR count). The Bertz CT molecular complexity index is 353. The quantitative estimate of drug-likeness (QED) is 0.845. The molecule has 21 heavy (non-hydrogen) atoms. The van der Waals surface area contributed by atoms with E-state index in [0.717, 1.165) is 25.9 Å². The summed E-state index contributed by atoms with van der Waals surface area (Å²) in [4.78, 5) is 16.9. The van der Waals surface area contributed by atoms with Crippen LogP contribution in [-0.4, -0.2) is 66.8 Å². The first-order chi connectivity index (χ1) is 9.91. The van der Waals surface area contributed by atoms with Crippen LogP contribution in [0.1, 0.15) is 46.5 Å². The number of nitrogens with one attached hydrogen (secondary N) is 1. The van der Waals surface area contributed by atoms with Crippen LogP contribution in [0.2, 0.25) is 0 Å². The fourth-order valence-corrected chi connectivity index (χ4v) is 3.50. The first-order valence-electron chi connectivity index (χ1n) is 8.26. The highest BCUT2D eigenvalue weighted by atomic mass is 16.5. The molecule has 2 atom stereocenters. The molecule has 2 amide bonds. The molecule has 2 aliphatic heterocycles. The molecule has 0 aliphatic carbocycles. The van der Waals surface area contributed by atoms with E-state index in [2.05, 4.69) is 24.1 Å². The molecule has 0 aromatic carbocycles. The Kier molecular flexibility index (Phi) is 5.49. The Balaban J connectivity index is 1.76. The van der Waals surface area contributed by atoms with E-state index >= 15 is 0 Å². The van der Waals surface area contributed by atoms with Gasteiger partial charge in [0.1, 0.15) is 0 Å². The van der Waals surface area contributed by atoms with Crippen molar-refractivity contribution in [2.75, 3.05) is 33.3 Å². The number of carbonyl (C=O) groups excluding carboxylic acids is 1. The highest BCUT2D eigenvalue weighted by Crippen LogP contribution is 2.21. The largest absolute Gasteiger partial charge is 0.379 e. The molecule has 1 N–H and O–H groups in total. The zero-order valence-electron chi connectivity index (χ0n) is 14.0. The fourth-order valence-electron chi connectivity index (χ4n) is 3.50. The van der Waals surface area contributed by atoms with Crippen molar-refractivity contribution >= 4 is 6.03 Å². The normalized spacial score (nSPS) is 25.3. The zero-order valence-corrected chi connectivity index (χ0v) is 14.0. The van der Waals surface area contributed by atoms with Crippen molar-refractivity contribution in [1.82, 2.24) is 15.1 Å². The average Bonchev–Trinajstić information content (AvgIpc) is 3.08. The van der Waals surface area contributed by atoms with Crippen LogP contribution in [0.15, 0.2) is 0 Å². The molecule has 5 nitrogen and oxygen atoms in total. The topological polar surface area (TPSA) is 44.8 Å². The number of likely N-dealkylation sites (tertiary alicyclic amines) is 2. The van der Waals surface area contributed by atoms with E-state index < -0.39 is 0 Å². The van der Waals surface area contributed by atoms with Gasteiger partial charge in [-0.2, -0.15) is 0 Å². The second kappa shape index (κ2) is 6.97. The molecule has 5 heteroatoms. The second-order valence-electron chi connectivity index (χ2n) is 7.15. The van der Waals surface area contributed by atoms with Gasteiger partial charge < -0.3 is 15.0 Å². The summed E-state index contributed by atoms with van der Waals surface area (Å²) in [6.45, 7) is 10.3. The Labute approximate surface area is 129 Å². The smallest absolute Gasteiger partial charge is 0.317 e. The number of amides is 2. The lowest BCUT2D eigenvalue weighted by atomic mass is 10.00. The van der Waals surface area contributed by atoms with Crippen molar-refractivity contribution < 1.29 is 9.53 Å². The minimum Gasteiger partial charge on any atom is -0.379 e. The molecule has 0 aromatic heterocycles. The van der Waals surface area contributed by atoms with Gasteiger partial charge in [-0.05, 0) is 59.5 Å². The number of carbonyl (C=O) groups is 1. The van der Waals surface area contributed by atoms with E-state index in [4.69, 9.17) is 4.74 Å². The summed E-state index contributed by atoms with van der Waals surface area (Å²) in [5.41, 5.74) is -0.199. The van der Waals surface area contributed by atoms with Crippen LogP contribution >= 0.6 is 0 Å². The van der Waals surface area contributed by atoms with Crippen molar-refractivity contribution in [3.63, 3.8) is 0 Å². The molecule has 0 bridgehead atoms. The van der Waals surface area contributed by atoms with Gasteiger partial charge in [-0.3, -0.25) is 4.90 Å². The van der Waals surface area contributed by atoms with Crippen LogP contribution in [0.4, 0.5) is 4.79 Å². The van der Waals surface area contributed by atoms with Gasteiger partial charge in [-0.25, -0.2) is 4.79 Å². The number of ether oxygens (including phenoxy) is 1. The molecule has 2 heterocycles. The molecule has 2 saturated heterocycles. The van der Waals surface area contributed by atoms with Crippen LogP contribution in [-0.2, 0) is 4.74 Å². The number of rotatable bonds is 5. The van der Waals surface area contributed by atoms with Gasteiger partial charge in [0, 0.05) is 32.3 Å². The van der Waals surface area contributed by atoms with Gasteiger partial charge in [0.05, 0.1) is 5.60 Å². The third kappa shape index (κ3) is 4.58. The summed E-state index contributed by atoms with van der Waals surface area (Å²) in [6, 6.07) is 0.776. The summed E-state index contributed by atoms with van der Waals surface area (Å²) in [5.74, 6) is 0. The number of hydrogen-bond acceptors (Lipinski definition) is 3. The predicted octanol–water partition coefficient (Wildman–Crippen LogP) is 2.07. The minimum atomic E-state index is -0.199. The van der Waals surface area contributed by atoms with E-state index in [0.29, 0.717) is 6.04 Å². The van der Waals surface area contributed by atoms with Crippen molar-refractivity contribution in [3.05, 3.63) is 0 Å². The van der Waals surface area contributed by atoms with Gasteiger partial charge >= 0.3 is 6.03 Å². The highest BCUT2D eigenvalue weighted by Gasteiger charge is 2.32. The van der Waals surface area contributed by atoms with Crippen molar-refractivity contribution in [1.29, 1.82) is 0 Å². The maximum absolute atomic E-state index is 12.3. The maximum Gasteiger partial charge on any atom is 0.317 e. The second-order valence-corrected chi connectivity index (χ2v) is 7.15. The molecular formula is C16H31N3O2. The van der Waals surface area contributed by atoms with Gasteiger partial charge in [-0.15, -0.1) is 0 Å². The summed E-state index contributed by atoms with van der Waals surface area (Å²) in [7, 11) is 1.72. The van der Waals surface area contributed by atoms with Crippen molar-refractivity contribution in [3.8, 4) is 0 Å². The Hall–Kier alpha value is -0.810. The standard InChI is InChI=1S/C16H31N3O2/c1-13(11-16(2,3)21-4)17-15(20)19-10-7-14(12-19)18-8-5-6-9-18/h13-14H,5-12H2,1-4H3,(H,17,20)/t13-,14-/m1/s1. The van der Waals surface area contributed by atoms with Crippen LogP contribution < -0.4 is 5.32 Å². The number of hydrogen-bond donors (Lipinski definition) is 1. The zero-order chi connectivity index (χ0) is 15.5. The number of urea groups is 1. The van der Waals surface area contributed by atoms with Crippen molar-refractivity contribution in [2.45, 2.75) is 64.1 Å². The third-order valence-corrected chi connectivity index (χ3v) is 4.83. The first-order valence-corrected chi connectivity index (χ1v) is 8.26. The molecule has 0 unspecified atom stereocenters. The molecule has 2 aliphatic rings.